The lowest BCUT2D eigenvalue weighted by Crippen LogP contribution is -2.10. The van der Waals surface area contributed by atoms with Crippen LogP contribution >= 0.6 is 0 Å². The fourth-order valence-corrected chi connectivity index (χ4v) is 6.46. The number of nitrogens with zero attached hydrogens (tertiary/aromatic N) is 2. The van der Waals surface area contributed by atoms with Crippen LogP contribution in [0.25, 0.3) is 22.3 Å². The largest absolute Gasteiger partial charge is 0.493 e. The molecule has 0 amide bonds. The average molecular weight is 709 g/mol. The van der Waals surface area contributed by atoms with Crippen molar-refractivity contribution in [1.82, 2.24) is 0 Å². The molecule has 7 aromatic carbocycles. The Morgan fingerprint density at radius 1 is 0.333 bits per heavy atom. The molecule has 0 radical (unpaired) electrons. The zero-order chi connectivity index (χ0) is 37.3. The third kappa shape index (κ3) is 8.85. The Kier molecular flexibility index (Phi) is 11.4. The Bertz CT molecular complexity index is 2050. The molecule has 0 saturated heterocycles. The fraction of sp³-hybridized carbons (Fsp3) is 0.160. The maximum atomic E-state index is 6.09. The van der Waals surface area contributed by atoms with Gasteiger partial charge in [-0.3, -0.25) is 0 Å². The van der Waals surface area contributed by atoms with Crippen molar-refractivity contribution >= 4 is 34.1 Å². The first-order valence-electron chi connectivity index (χ1n) is 18.9. The van der Waals surface area contributed by atoms with Crippen molar-refractivity contribution in [2.45, 2.75) is 27.7 Å². The van der Waals surface area contributed by atoms with Crippen LogP contribution < -0.4 is 19.3 Å². The van der Waals surface area contributed by atoms with E-state index in [0.717, 1.165) is 45.6 Å². The van der Waals surface area contributed by atoms with Crippen molar-refractivity contribution in [3.63, 3.8) is 0 Å². The molecule has 0 unspecified atom stereocenters. The van der Waals surface area contributed by atoms with Gasteiger partial charge in [-0.15, -0.1) is 0 Å². The molecular weight excluding hydrogens is 661 g/mol. The van der Waals surface area contributed by atoms with E-state index in [4.69, 9.17) is 9.47 Å². The molecule has 0 aliphatic rings. The Morgan fingerprint density at radius 3 is 0.963 bits per heavy atom. The summed E-state index contributed by atoms with van der Waals surface area (Å²) < 4.78 is 12.2. The van der Waals surface area contributed by atoms with Gasteiger partial charge in [-0.25, -0.2) is 0 Å². The van der Waals surface area contributed by atoms with Gasteiger partial charge in [-0.05, 0) is 107 Å². The van der Waals surface area contributed by atoms with Crippen molar-refractivity contribution in [2.24, 2.45) is 11.8 Å². The summed E-state index contributed by atoms with van der Waals surface area (Å²) in [6.07, 6.45) is 0. The second-order valence-electron chi connectivity index (χ2n) is 14.4. The van der Waals surface area contributed by atoms with Crippen LogP contribution in [0.3, 0.4) is 0 Å². The third-order valence-electron chi connectivity index (χ3n) is 9.15. The van der Waals surface area contributed by atoms with Crippen LogP contribution in [0.1, 0.15) is 27.7 Å². The molecule has 0 aliphatic carbocycles. The third-order valence-corrected chi connectivity index (χ3v) is 9.15. The van der Waals surface area contributed by atoms with Crippen LogP contribution in [-0.4, -0.2) is 13.2 Å². The molecule has 4 nitrogen and oxygen atoms in total. The zero-order valence-corrected chi connectivity index (χ0v) is 31.6. The predicted octanol–water partition coefficient (Wildman–Crippen LogP) is 14.0. The molecule has 7 rings (SSSR count). The molecule has 0 N–H and O–H groups in total. The van der Waals surface area contributed by atoms with Gasteiger partial charge in [-0.1, -0.05) is 125 Å². The van der Waals surface area contributed by atoms with Gasteiger partial charge in [0, 0.05) is 46.3 Å². The summed E-state index contributed by atoms with van der Waals surface area (Å²) in [5, 5.41) is 0. The van der Waals surface area contributed by atoms with Crippen molar-refractivity contribution in [1.29, 1.82) is 0 Å². The Labute approximate surface area is 320 Å². The van der Waals surface area contributed by atoms with Crippen molar-refractivity contribution in [3.8, 4) is 33.8 Å². The summed E-state index contributed by atoms with van der Waals surface area (Å²) in [5.41, 5.74) is 11.2. The Morgan fingerprint density at radius 2 is 0.630 bits per heavy atom. The molecule has 4 heteroatoms. The van der Waals surface area contributed by atoms with E-state index in [9.17, 15) is 0 Å². The second-order valence-corrected chi connectivity index (χ2v) is 14.4. The van der Waals surface area contributed by atoms with Gasteiger partial charge in [0.1, 0.15) is 11.5 Å². The van der Waals surface area contributed by atoms with Crippen molar-refractivity contribution in [2.75, 3.05) is 23.0 Å². The summed E-state index contributed by atoms with van der Waals surface area (Å²) in [6, 6.07) is 64.1. The maximum Gasteiger partial charge on any atom is 0.121 e. The van der Waals surface area contributed by atoms with Gasteiger partial charge in [0.15, 0.2) is 0 Å². The number of ether oxygens (including phenoxy) is 2. The SMILES string of the molecule is CC(C)COc1cccc(N(c2ccccc2)c2ccc(-c3ccc(-c4ccc(N(c5ccccc5)c5cccc(OCC(C)C)c5)cc4)cc3)cc2)c1. The van der Waals surface area contributed by atoms with Crippen molar-refractivity contribution in [3.05, 3.63) is 182 Å². The lowest BCUT2D eigenvalue weighted by atomic mass is 9.99. The monoisotopic (exact) mass is 708 g/mol. The number of para-hydroxylation sites is 2. The number of benzene rings is 7. The van der Waals surface area contributed by atoms with E-state index < -0.39 is 0 Å². The predicted molar refractivity (Wildman–Crippen MR) is 227 cm³/mol. The molecule has 0 aliphatic heterocycles. The molecule has 0 saturated carbocycles. The van der Waals surface area contributed by atoms with Crippen LogP contribution in [0.5, 0.6) is 11.5 Å². The Hall–Kier alpha value is -6.26. The van der Waals surface area contributed by atoms with Crippen LogP contribution in [-0.2, 0) is 0 Å². The zero-order valence-electron chi connectivity index (χ0n) is 31.6. The Balaban J connectivity index is 1.11. The molecule has 0 fully saturated rings. The summed E-state index contributed by atoms with van der Waals surface area (Å²) >= 11 is 0. The van der Waals surface area contributed by atoms with E-state index in [1.165, 1.54) is 22.3 Å². The highest BCUT2D eigenvalue weighted by atomic mass is 16.5. The average Bonchev–Trinajstić information content (AvgIpc) is 3.21. The van der Waals surface area contributed by atoms with Gasteiger partial charge in [0.25, 0.3) is 0 Å². The van der Waals surface area contributed by atoms with E-state index in [0.29, 0.717) is 25.0 Å². The molecule has 54 heavy (non-hydrogen) atoms. The number of hydrogen-bond donors (Lipinski definition) is 0. The second kappa shape index (κ2) is 17.0. The number of hydrogen-bond acceptors (Lipinski definition) is 4. The normalized spacial score (nSPS) is 11.1. The minimum Gasteiger partial charge on any atom is -0.493 e. The molecule has 7 aromatic rings. The van der Waals surface area contributed by atoms with Gasteiger partial charge in [0.2, 0.25) is 0 Å². The van der Waals surface area contributed by atoms with Gasteiger partial charge in [0.05, 0.1) is 13.2 Å². The summed E-state index contributed by atoms with van der Waals surface area (Å²) in [7, 11) is 0. The molecule has 0 spiro atoms. The van der Waals surface area contributed by atoms with E-state index in [1.807, 2.05) is 12.1 Å². The summed E-state index contributed by atoms with van der Waals surface area (Å²) in [6.45, 7) is 10.0. The van der Waals surface area contributed by atoms with E-state index in [2.05, 4.69) is 207 Å². The molecule has 0 heterocycles. The van der Waals surface area contributed by atoms with Crippen LogP contribution in [0.2, 0.25) is 0 Å². The lowest BCUT2D eigenvalue weighted by molar-refractivity contribution is 0.271. The minimum atomic E-state index is 0.459. The molecule has 0 atom stereocenters. The van der Waals surface area contributed by atoms with Gasteiger partial charge in [-0.2, -0.15) is 0 Å². The molecule has 0 aromatic heterocycles. The van der Waals surface area contributed by atoms with Crippen LogP contribution in [0.4, 0.5) is 34.1 Å². The number of rotatable bonds is 14. The van der Waals surface area contributed by atoms with Gasteiger partial charge < -0.3 is 19.3 Å². The highest BCUT2D eigenvalue weighted by Crippen LogP contribution is 2.39. The van der Waals surface area contributed by atoms with E-state index in [-0.39, 0.29) is 0 Å². The van der Waals surface area contributed by atoms with Gasteiger partial charge >= 0.3 is 0 Å². The van der Waals surface area contributed by atoms with Crippen LogP contribution in [0.15, 0.2) is 182 Å². The number of anilines is 6. The first kappa shape index (κ1) is 36.1. The highest BCUT2D eigenvalue weighted by Gasteiger charge is 2.15. The standard InChI is InChI=1S/C50H48N2O2/c1-37(2)35-53-49-19-11-17-47(33-49)51(43-13-7-5-8-14-43)45-29-25-41(26-30-45)39-21-23-40(24-22-39)42-27-31-46(32-28-42)52(44-15-9-6-10-16-44)48-18-12-20-50(34-48)54-36-38(3)4/h5-34,37-38H,35-36H2,1-4H3. The first-order chi connectivity index (χ1) is 26.4. The molecular formula is C50H48N2O2. The topological polar surface area (TPSA) is 24.9 Å². The lowest BCUT2D eigenvalue weighted by Gasteiger charge is -2.26. The van der Waals surface area contributed by atoms with E-state index >= 15 is 0 Å². The summed E-state index contributed by atoms with van der Waals surface area (Å²) in [4.78, 5) is 4.55. The molecule has 0 bridgehead atoms. The molecule has 270 valence electrons. The first-order valence-corrected chi connectivity index (χ1v) is 18.9. The fourth-order valence-electron chi connectivity index (χ4n) is 6.46. The summed E-state index contributed by atoms with van der Waals surface area (Å²) in [5.74, 6) is 2.67. The van der Waals surface area contributed by atoms with Crippen molar-refractivity contribution < 1.29 is 9.47 Å². The highest BCUT2D eigenvalue weighted by molar-refractivity contribution is 5.81. The van der Waals surface area contributed by atoms with E-state index in [1.54, 1.807) is 0 Å². The van der Waals surface area contributed by atoms with Crippen LogP contribution in [0, 0.1) is 11.8 Å². The smallest absolute Gasteiger partial charge is 0.121 e. The maximum absolute atomic E-state index is 6.09. The quantitative estimate of drug-likeness (QED) is 0.112. The minimum absolute atomic E-state index is 0.459.